The summed E-state index contributed by atoms with van der Waals surface area (Å²) in [4.78, 5) is 4.70. The third-order valence-electron chi connectivity index (χ3n) is 6.66. The average Bonchev–Trinajstić information content (AvgIpc) is 3.23. The van der Waals surface area contributed by atoms with Crippen molar-refractivity contribution in [3.05, 3.63) is 47.2 Å². The molecule has 2 aromatic rings. The third kappa shape index (κ3) is 5.24. The fraction of sp³-hybridized carbons (Fsp3) is 0.577. The SMILES string of the molecule is CCc1ccc(N(CC(C)C)S(=O)(=O)c2ccc(OCC3CCOCC3)c3c2CCC3O)nc1. The Morgan fingerprint density at radius 1 is 1.18 bits per heavy atom. The van der Waals surface area contributed by atoms with Crippen molar-refractivity contribution in [2.45, 2.75) is 63.9 Å². The summed E-state index contributed by atoms with van der Waals surface area (Å²) in [6, 6.07) is 7.05. The van der Waals surface area contributed by atoms with Gasteiger partial charge in [0, 0.05) is 31.5 Å². The van der Waals surface area contributed by atoms with Gasteiger partial charge in [-0.3, -0.25) is 0 Å². The maximum Gasteiger partial charge on any atom is 0.265 e. The van der Waals surface area contributed by atoms with Gasteiger partial charge in [-0.05, 0) is 73.3 Å². The van der Waals surface area contributed by atoms with E-state index in [-0.39, 0.29) is 10.8 Å². The first-order chi connectivity index (χ1) is 16.3. The lowest BCUT2D eigenvalue weighted by Crippen LogP contribution is -2.35. The molecule has 186 valence electrons. The molecule has 1 aliphatic heterocycles. The van der Waals surface area contributed by atoms with Crippen LogP contribution in [0.3, 0.4) is 0 Å². The minimum atomic E-state index is -3.88. The summed E-state index contributed by atoms with van der Waals surface area (Å²) in [6.45, 7) is 8.37. The predicted octanol–water partition coefficient (Wildman–Crippen LogP) is 4.28. The highest BCUT2D eigenvalue weighted by Crippen LogP contribution is 2.42. The maximum atomic E-state index is 14.0. The van der Waals surface area contributed by atoms with Gasteiger partial charge in [0.25, 0.3) is 10.0 Å². The quantitative estimate of drug-likeness (QED) is 0.567. The number of aliphatic hydroxyl groups excluding tert-OH is 1. The van der Waals surface area contributed by atoms with Crippen LogP contribution in [-0.4, -0.2) is 44.9 Å². The zero-order valence-corrected chi connectivity index (χ0v) is 21.2. The Morgan fingerprint density at radius 2 is 1.94 bits per heavy atom. The molecule has 1 unspecified atom stereocenters. The molecule has 0 saturated carbocycles. The highest BCUT2D eigenvalue weighted by Gasteiger charge is 2.35. The fourth-order valence-electron chi connectivity index (χ4n) is 4.70. The molecule has 0 bridgehead atoms. The van der Waals surface area contributed by atoms with Crippen LogP contribution in [0.2, 0.25) is 0 Å². The molecule has 1 atom stereocenters. The number of aromatic nitrogens is 1. The van der Waals surface area contributed by atoms with E-state index in [9.17, 15) is 13.5 Å². The Bertz CT molecular complexity index is 1080. The number of ether oxygens (including phenoxy) is 2. The molecule has 0 spiro atoms. The van der Waals surface area contributed by atoms with E-state index in [0.717, 1.165) is 38.0 Å². The van der Waals surface area contributed by atoms with E-state index < -0.39 is 16.1 Å². The molecule has 2 aliphatic rings. The fourth-order valence-corrected chi connectivity index (χ4v) is 6.55. The van der Waals surface area contributed by atoms with Crippen LogP contribution in [0.5, 0.6) is 5.75 Å². The van der Waals surface area contributed by atoms with Crippen molar-refractivity contribution in [3.63, 3.8) is 0 Å². The van der Waals surface area contributed by atoms with Crippen LogP contribution >= 0.6 is 0 Å². The Hall–Kier alpha value is -2.16. The summed E-state index contributed by atoms with van der Waals surface area (Å²) in [5.74, 6) is 1.53. The van der Waals surface area contributed by atoms with Crippen molar-refractivity contribution in [1.29, 1.82) is 0 Å². The van der Waals surface area contributed by atoms with E-state index in [1.807, 2.05) is 26.8 Å². The van der Waals surface area contributed by atoms with Gasteiger partial charge in [0.15, 0.2) is 0 Å². The summed E-state index contributed by atoms with van der Waals surface area (Å²) in [7, 11) is -3.88. The van der Waals surface area contributed by atoms with E-state index in [2.05, 4.69) is 4.98 Å². The second kappa shape index (κ2) is 10.6. The minimum Gasteiger partial charge on any atom is -0.493 e. The molecule has 1 fully saturated rings. The molecule has 1 aromatic heterocycles. The summed E-state index contributed by atoms with van der Waals surface area (Å²) < 4.78 is 40.9. The van der Waals surface area contributed by atoms with Crippen LogP contribution in [-0.2, 0) is 27.6 Å². The third-order valence-corrected chi connectivity index (χ3v) is 8.52. The van der Waals surface area contributed by atoms with Crippen LogP contribution in [0.4, 0.5) is 5.82 Å². The Labute approximate surface area is 203 Å². The van der Waals surface area contributed by atoms with Crippen molar-refractivity contribution in [2.75, 3.05) is 30.7 Å². The lowest BCUT2D eigenvalue weighted by atomic mass is 10.0. The van der Waals surface area contributed by atoms with Crippen LogP contribution < -0.4 is 9.04 Å². The molecule has 1 saturated heterocycles. The molecule has 1 aromatic carbocycles. The highest BCUT2D eigenvalue weighted by atomic mass is 32.2. The number of rotatable bonds is 9. The van der Waals surface area contributed by atoms with Crippen LogP contribution in [0.25, 0.3) is 0 Å². The first-order valence-corrected chi connectivity index (χ1v) is 13.8. The molecular weight excluding hydrogens is 452 g/mol. The largest absolute Gasteiger partial charge is 0.493 e. The van der Waals surface area contributed by atoms with Crippen molar-refractivity contribution in [1.82, 2.24) is 4.98 Å². The van der Waals surface area contributed by atoms with Gasteiger partial charge in [0.1, 0.15) is 11.6 Å². The first kappa shape index (κ1) is 24.9. The number of aliphatic hydroxyl groups is 1. The second-order valence-corrected chi connectivity index (χ2v) is 11.5. The number of benzene rings is 1. The molecule has 34 heavy (non-hydrogen) atoms. The molecular formula is C26H36N2O5S. The Kier molecular flexibility index (Phi) is 7.80. The van der Waals surface area contributed by atoms with E-state index >= 15 is 0 Å². The zero-order valence-electron chi connectivity index (χ0n) is 20.4. The summed E-state index contributed by atoms with van der Waals surface area (Å²) in [6.07, 6.45) is 4.73. The summed E-state index contributed by atoms with van der Waals surface area (Å²) >= 11 is 0. The topological polar surface area (TPSA) is 89.0 Å². The van der Waals surface area contributed by atoms with E-state index in [0.29, 0.717) is 54.6 Å². The Balaban J connectivity index is 1.68. The van der Waals surface area contributed by atoms with Gasteiger partial charge in [0.2, 0.25) is 0 Å². The minimum absolute atomic E-state index is 0.114. The van der Waals surface area contributed by atoms with Crippen molar-refractivity contribution < 1.29 is 23.0 Å². The van der Waals surface area contributed by atoms with Gasteiger partial charge >= 0.3 is 0 Å². The first-order valence-electron chi connectivity index (χ1n) is 12.3. The lowest BCUT2D eigenvalue weighted by Gasteiger charge is -2.27. The number of pyridine rings is 1. The van der Waals surface area contributed by atoms with Crippen molar-refractivity contribution in [2.24, 2.45) is 11.8 Å². The monoisotopic (exact) mass is 488 g/mol. The van der Waals surface area contributed by atoms with Gasteiger partial charge < -0.3 is 14.6 Å². The number of anilines is 1. The highest BCUT2D eigenvalue weighted by molar-refractivity contribution is 7.92. The maximum absolute atomic E-state index is 14.0. The van der Waals surface area contributed by atoms with Crippen molar-refractivity contribution in [3.8, 4) is 5.75 Å². The number of hydrogen-bond acceptors (Lipinski definition) is 6. The Morgan fingerprint density at radius 3 is 2.59 bits per heavy atom. The molecule has 7 nitrogen and oxygen atoms in total. The van der Waals surface area contributed by atoms with E-state index in [1.54, 1.807) is 24.4 Å². The summed E-state index contributed by atoms with van der Waals surface area (Å²) in [5.41, 5.74) is 2.34. The van der Waals surface area contributed by atoms with Crippen molar-refractivity contribution >= 4 is 15.8 Å². The van der Waals surface area contributed by atoms with Gasteiger partial charge in [-0.25, -0.2) is 17.7 Å². The van der Waals surface area contributed by atoms with Gasteiger partial charge in [-0.2, -0.15) is 0 Å². The van der Waals surface area contributed by atoms with Crippen LogP contribution in [0.15, 0.2) is 35.4 Å². The molecule has 0 radical (unpaired) electrons. The number of sulfonamides is 1. The number of aryl methyl sites for hydroxylation is 1. The summed E-state index contributed by atoms with van der Waals surface area (Å²) in [5, 5.41) is 10.7. The van der Waals surface area contributed by atoms with Crippen LogP contribution in [0, 0.1) is 11.8 Å². The van der Waals surface area contributed by atoms with Gasteiger partial charge in [-0.15, -0.1) is 0 Å². The van der Waals surface area contributed by atoms with Gasteiger partial charge in [-0.1, -0.05) is 26.8 Å². The zero-order chi connectivity index (χ0) is 24.3. The van der Waals surface area contributed by atoms with Gasteiger partial charge in [0.05, 0.1) is 17.6 Å². The van der Waals surface area contributed by atoms with E-state index in [1.165, 1.54) is 4.31 Å². The molecule has 1 N–H and O–H groups in total. The molecule has 1 aliphatic carbocycles. The molecule has 2 heterocycles. The molecule has 0 amide bonds. The molecule has 4 rings (SSSR count). The standard InChI is InChI=1S/C26H36N2O5S/c1-4-19-5-10-25(27-15-19)28(16-18(2)3)34(30,31)24-9-8-23(26-21(24)6-7-22(26)29)33-17-20-11-13-32-14-12-20/h5,8-10,15,18,20,22,29H,4,6-7,11-14,16-17H2,1-3H3. The average molecular weight is 489 g/mol. The molecule has 8 heteroatoms. The normalized spacial score (nSPS) is 18.8. The smallest absolute Gasteiger partial charge is 0.265 e. The number of hydrogen-bond donors (Lipinski definition) is 1. The second-order valence-electron chi connectivity index (χ2n) is 9.68. The van der Waals surface area contributed by atoms with Crippen LogP contribution in [0.1, 0.15) is 62.8 Å². The lowest BCUT2D eigenvalue weighted by molar-refractivity contribution is 0.0491. The number of fused-ring (bicyclic) bond motifs is 1. The van der Waals surface area contributed by atoms with E-state index in [4.69, 9.17) is 9.47 Å². The predicted molar refractivity (Wildman–Crippen MR) is 132 cm³/mol. The number of nitrogens with zero attached hydrogens (tertiary/aromatic N) is 2.